The maximum absolute atomic E-state index is 12.2. The standard InChI is InChI=1S/C31H31N3O5/c1-3-38-29-19-22(11-16-28(29)39-21-25-9-6-8-23-7-4-5-10-27(23)25)20-33-34-30(35)17-18-32-31(36)24-12-14-26(37-2)15-13-24/h4-16,19-20H,3,17-18,21H2,1-2H3,(H,32,36)(H,34,35). The lowest BCUT2D eigenvalue weighted by atomic mass is 10.1. The Morgan fingerprint density at radius 1 is 0.897 bits per heavy atom. The molecule has 8 heteroatoms. The highest BCUT2D eigenvalue weighted by atomic mass is 16.5. The maximum atomic E-state index is 12.2. The van der Waals surface area contributed by atoms with Crippen molar-refractivity contribution in [2.24, 2.45) is 5.10 Å². The summed E-state index contributed by atoms with van der Waals surface area (Å²) in [7, 11) is 1.56. The largest absolute Gasteiger partial charge is 0.497 e. The summed E-state index contributed by atoms with van der Waals surface area (Å²) in [5.41, 5.74) is 4.80. The van der Waals surface area contributed by atoms with Crippen molar-refractivity contribution in [3.63, 3.8) is 0 Å². The molecule has 200 valence electrons. The summed E-state index contributed by atoms with van der Waals surface area (Å²) in [6.07, 6.45) is 1.62. The first-order valence-corrected chi connectivity index (χ1v) is 12.7. The SMILES string of the molecule is CCOc1cc(C=NNC(=O)CCNC(=O)c2ccc(OC)cc2)ccc1OCc1cccc2ccccc12. The van der Waals surface area contributed by atoms with Crippen molar-refractivity contribution in [2.45, 2.75) is 20.0 Å². The predicted octanol–water partition coefficient (Wildman–Crippen LogP) is 5.10. The quantitative estimate of drug-likeness (QED) is 0.198. The predicted molar refractivity (Wildman–Crippen MR) is 152 cm³/mol. The van der Waals surface area contributed by atoms with Gasteiger partial charge in [-0.1, -0.05) is 42.5 Å². The second-order valence-corrected chi connectivity index (χ2v) is 8.59. The van der Waals surface area contributed by atoms with Gasteiger partial charge < -0.3 is 19.5 Å². The molecule has 0 saturated carbocycles. The number of hydrogen-bond acceptors (Lipinski definition) is 6. The van der Waals surface area contributed by atoms with Gasteiger partial charge in [0.1, 0.15) is 12.4 Å². The van der Waals surface area contributed by atoms with Gasteiger partial charge in [-0.05, 0) is 71.3 Å². The van der Waals surface area contributed by atoms with Crippen LogP contribution in [0.4, 0.5) is 0 Å². The highest BCUT2D eigenvalue weighted by Gasteiger charge is 2.09. The highest BCUT2D eigenvalue weighted by molar-refractivity contribution is 5.94. The molecule has 0 heterocycles. The van der Waals surface area contributed by atoms with Crippen molar-refractivity contribution < 1.29 is 23.8 Å². The molecule has 0 spiro atoms. The van der Waals surface area contributed by atoms with Gasteiger partial charge >= 0.3 is 0 Å². The molecule has 0 aliphatic carbocycles. The van der Waals surface area contributed by atoms with Gasteiger partial charge in [-0.2, -0.15) is 5.10 Å². The zero-order chi connectivity index (χ0) is 27.5. The number of ether oxygens (including phenoxy) is 3. The lowest BCUT2D eigenvalue weighted by Gasteiger charge is -2.13. The molecular formula is C31H31N3O5. The monoisotopic (exact) mass is 525 g/mol. The van der Waals surface area contributed by atoms with Crippen LogP contribution in [0.3, 0.4) is 0 Å². The average molecular weight is 526 g/mol. The molecule has 4 aromatic rings. The van der Waals surface area contributed by atoms with Gasteiger partial charge in [-0.3, -0.25) is 9.59 Å². The Kier molecular flexibility index (Phi) is 9.50. The number of methoxy groups -OCH3 is 1. The third-order valence-electron chi connectivity index (χ3n) is 5.92. The van der Waals surface area contributed by atoms with Gasteiger partial charge in [-0.15, -0.1) is 0 Å². The zero-order valence-corrected chi connectivity index (χ0v) is 22.0. The fraction of sp³-hybridized carbons (Fsp3) is 0.194. The van der Waals surface area contributed by atoms with E-state index in [4.69, 9.17) is 14.2 Å². The van der Waals surface area contributed by atoms with E-state index in [-0.39, 0.29) is 24.8 Å². The molecule has 2 N–H and O–H groups in total. The maximum Gasteiger partial charge on any atom is 0.251 e. The molecule has 2 amide bonds. The van der Waals surface area contributed by atoms with Crippen molar-refractivity contribution in [1.29, 1.82) is 0 Å². The van der Waals surface area contributed by atoms with E-state index in [1.165, 1.54) is 6.21 Å². The number of hydrogen-bond donors (Lipinski definition) is 2. The molecular weight excluding hydrogens is 494 g/mol. The molecule has 0 fully saturated rings. The highest BCUT2D eigenvalue weighted by Crippen LogP contribution is 2.30. The minimum Gasteiger partial charge on any atom is -0.497 e. The Bertz CT molecular complexity index is 1450. The Labute approximate surface area is 227 Å². The van der Waals surface area contributed by atoms with Gasteiger partial charge in [0.15, 0.2) is 11.5 Å². The van der Waals surface area contributed by atoms with E-state index < -0.39 is 0 Å². The van der Waals surface area contributed by atoms with Gasteiger partial charge in [-0.25, -0.2) is 5.43 Å². The van der Waals surface area contributed by atoms with Crippen LogP contribution in [0.5, 0.6) is 17.2 Å². The van der Waals surface area contributed by atoms with E-state index in [0.717, 1.165) is 21.9 Å². The van der Waals surface area contributed by atoms with E-state index in [9.17, 15) is 9.59 Å². The number of fused-ring (bicyclic) bond motifs is 1. The van der Waals surface area contributed by atoms with Crippen molar-refractivity contribution in [3.05, 3.63) is 102 Å². The third kappa shape index (κ3) is 7.58. The topological polar surface area (TPSA) is 98.2 Å². The number of amides is 2. The number of nitrogens with zero attached hydrogens (tertiary/aromatic N) is 1. The molecule has 0 radical (unpaired) electrons. The summed E-state index contributed by atoms with van der Waals surface area (Å²) >= 11 is 0. The Hall–Kier alpha value is -4.85. The summed E-state index contributed by atoms with van der Waals surface area (Å²) in [6.45, 7) is 2.97. The van der Waals surface area contributed by atoms with E-state index in [2.05, 4.69) is 40.1 Å². The number of carbonyl (C=O) groups is 2. The first kappa shape index (κ1) is 27.2. The van der Waals surface area contributed by atoms with Gasteiger partial charge in [0.2, 0.25) is 5.91 Å². The van der Waals surface area contributed by atoms with Gasteiger partial charge in [0.05, 0.1) is 19.9 Å². The molecule has 0 aliphatic rings. The molecule has 0 aromatic heterocycles. The molecule has 0 unspecified atom stereocenters. The fourth-order valence-corrected chi connectivity index (χ4v) is 3.94. The van der Waals surface area contributed by atoms with Crippen LogP contribution >= 0.6 is 0 Å². The smallest absolute Gasteiger partial charge is 0.251 e. The van der Waals surface area contributed by atoms with Crippen LogP contribution in [0.1, 0.15) is 34.8 Å². The van der Waals surface area contributed by atoms with E-state index in [1.54, 1.807) is 31.4 Å². The van der Waals surface area contributed by atoms with Crippen LogP contribution in [0, 0.1) is 0 Å². The molecule has 0 aliphatic heterocycles. The normalized spacial score (nSPS) is 10.8. The Balaban J connectivity index is 1.28. The van der Waals surface area contributed by atoms with Crippen LogP contribution in [0.25, 0.3) is 10.8 Å². The first-order valence-electron chi connectivity index (χ1n) is 12.7. The van der Waals surface area contributed by atoms with Gasteiger partial charge in [0, 0.05) is 18.5 Å². The molecule has 0 atom stereocenters. The molecule has 8 nitrogen and oxygen atoms in total. The zero-order valence-electron chi connectivity index (χ0n) is 22.0. The molecule has 0 bridgehead atoms. The van der Waals surface area contributed by atoms with Crippen LogP contribution in [-0.4, -0.2) is 38.3 Å². The van der Waals surface area contributed by atoms with E-state index >= 15 is 0 Å². The molecule has 4 aromatic carbocycles. The summed E-state index contributed by atoms with van der Waals surface area (Å²) in [5.74, 6) is 1.30. The number of hydrazone groups is 1. The Morgan fingerprint density at radius 3 is 2.49 bits per heavy atom. The van der Waals surface area contributed by atoms with Crippen molar-refractivity contribution >= 4 is 28.8 Å². The van der Waals surface area contributed by atoms with Crippen LogP contribution in [0.2, 0.25) is 0 Å². The number of benzene rings is 4. The minimum absolute atomic E-state index is 0.0877. The number of rotatable bonds is 12. The van der Waals surface area contributed by atoms with Crippen LogP contribution in [-0.2, 0) is 11.4 Å². The van der Waals surface area contributed by atoms with Gasteiger partial charge in [0.25, 0.3) is 5.91 Å². The van der Waals surface area contributed by atoms with Crippen molar-refractivity contribution in [3.8, 4) is 17.2 Å². The Morgan fingerprint density at radius 2 is 1.69 bits per heavy atom. The first-order chi connectivity index (χ1) is 19.1. The van der Waals surface area contributed by atoms with E-state index in [0.29, 0.717) is 36.0 Å². The summed E-state index contributed by atoms with van der Waals surface area (Å²) in [4.78, 5) is 24.3. The van der Waals surface area contributed by atoms with Crippen LogP contribution in [0.15, 0.2) is 90.0 Å². The lowest BCUT2D eigenvalue weighted by Crippen LogP contribution is -2.29. The van der Waals surface area contributed by atoms with Crippen molar-refractivity contribution in [1.82, 2.24) is 10.7 Å². The third-order valence-corrected chi connectivity index (χ3v) is 5.92. The van der Waals surface area contributed by atoms with Crippen molar-refractivity contribution in [2.75, 3.05) is 20.3 Å². The number of carbonyl (C=O) groups excluding carboxylic acids is 2. The second-order valence-electron chi connectivity index (χ2n) is 8.59. The molecule has 39 heavy (non-hydrogen) atoms. The summed E-state index contributed by atoms with van der Waals surface area (Å²) < 4.78 is 17.0. The summed E-state index contributed by atoms with van der Waals surface area (Å²) in [5, 5.41) is 9.06. The average Bonchev–Trinajstić information content (AvgIpc) is 2.97. The molecule has 4 rings (SSSR count). The number of nitrogens with one attached hydrogen (secondary N) is 2. The minimum atomic E-state index is -0.318. The molecule has 0 saturated heterocycles. The second kappa shape index (κ2) is 13.6. The summed E-state index contributed by atoms with van der Waals surface area (Å²) in [6, 6.07) is 26.6. The van der Waals surface area contributed by atoms with E-state index in [1.807, 2.05) is 43.3 Å². The lowest BCUT2D eigenvalue weighted by molar-refractivity contribution is -0.120. The van der Waals surface area contributed by atoms with Crippen LogP contribution < -0.4 is 25.0 Å². The fourth-order valence-electron chi connectivity index (χ4n) is 3.94.